The average Bonchev–Trinajstić information content (AvgIpc) is 3.58. The zero-order valence-electron chi connectivity index (χ0n) is 19.2. The van der Waals surface area contributed by atoms with E-state index in [1.165, 1.54) is 46.8 Å². The molecular weight excluding hydrogens is 469 g/mol. The fourth-order valence-corrected chi connectivity index (χ4v) is 4.93. The number of thiophene rings is 1. The first-order valence-corrected chi connectivity index (χ1v) is 12.6. The summed E-state index contributed by atoms with van der Waals surface area (Å²) in [5.74, 6) is -1.11. The number of halogens is 1. The van der Waals surface area contributed by atoms with Crippen LogP contribution in [-0.2, 0) is 16.1 Å². The van der Waals surface area contributed by atoms with Crippen molar-refractivity contribution in [2.75, 3.05) is 6.54 Å². The number of amides is 3. The van der Waals surface area contributed by atoms with Crippen LogP contribution in [0, 0.1) is 5.82 Å². The molecule has 1 saturated carbocycles. The van der Waals surface area contributed by atoms with Crippen LogP contribution in [0.3, 0.4) is 0 Å². The lowest BCUT2D eigenvalue weighted by molar-refractivity contribution is -0.141. The molecule has 1 aliphatic rings. The molecule has 184 valence electrons. The maximum Gasteiger partial charge on any atom is 0.261 e. The summed E-state index contributed by atoms with van der Waals surface area (Å²) in [6, 6.07) is 11.4. The Hall–Kier alpha value is -3.46. The van der Waals surface area contributed by atoms with Crippen LogP contribution in [0.2, 0.25) is 0 Å². The highest BCUT2D eigenvalue weighted by molar-refractivity contribution is 7.12. The molecule has 9 heteroatoms. The van der Waals surface area contributed by atoms with Crippen molar-refractivity contribution < 1.29 is 23.2 Å². The SMILES string of the molecule is O=C(NCC(=O)N(Cc1ccco1)C(C(=O)NC1CCCCC1)c1ccc(F)cc1)c1cccs1. The van der Waals surface area contributed by atoms with Crippen LogP contribution >= 0.6 is 11.3 Å². The second kappa shape index (κ2) is 11.8. The second-order valence-electron chi connectivity index (χ2n) is 8.56. The molecule has 1 unspecified atom stereocenters. The lowest BCUT2D eigenvalue weighted by Gasteiger charge is -2.33. The van der Waals surface area contributed by atoms with Crippen LogP contribution in [0.15, 0.2) is 64.6 Å². The Kier molecular flexibility index (Phi) is 8.31. The molecule has 35 heavy (non-hydrogen) atoms. The molecule has 0 radical (unpaired) electrons. The van der Waals surface area contributed by atoms with E-state index in [-0.39, 0.29) is 30.9 Å². The van der Waals surface area contributed by atoms with Crippen molar-refractivity contribution >= 4 is 29.1 Å². The summed E-state index contributed by atoms with van der Waals surface area (Å²) in [4.78, 5) is 41.3. The quantitative estimate of drug-likeness (QED) is 0.458. The highest BCUT2D eigenvalue weighted by atomic mass is 32.1. The number of benzene rings is 1. The summed E-state index contributed by atoms with van der Waals surface area (Å²) in [7, 11) is 0. The van der Waals surface area contributed by atoms with Crippen LogP contribution in [0.4, 0.5) is 4.39 Å². The molecular formula is C26H28FN3O4S. The molecule has 1 aromatic carbocycles. The van der Waals surface area contributed by atoms with Gasteiger partial charge in [-0.05, 0) is 54.1 Å². The Morgan fingerprint density at radius 3 is 2.49 bits per heavy atom. The van der Waals surface area contributed by atoms with Gasteiger partial charge in [-0.1, -0.05) is 37.5 Å². The Morgan fingerprint density at radius 1 is 1.06 bits per heavy atom. The van der Waals surface area contributed by atoms with Crippen molar-refractivity contribution in [1.82, 2.24) is 15.5 Å². The summed E-state index contributed by atoms with van der Waals surface area (Å²) in [6.07, 6.45) is 6.47. The summed E-state index contributed by atoms with van der Waals surface area (Å²) in [5.41, 5.74) is 0.476. The first kappa shape index (κ1) is 24.7. The summed E-state index contributed by atoms with van der Waals surface area (Å²) < 4.78 is 19.2. The number of nitrogens with one attached hydrogen (secondary N) is 2. The summed E-state index contributed by atoms with van der Waals surface area (Å²) >= 11 is 1.27. The highest BCUT2D eigenvalue weighted by Gasteiger charge is 2.33. The van der Waals surface area contributed by atoms with Crippen molar-refractivity contribution in [3.63, 3.8) is 0 Å². The Bertz CT molecular complexity index is 1110. The molecule has 7 nitrogen and oxygen atoms in total. The molecule has 3 amide bonds. The second-order valence-corrected chi connectivity index (χ2v) is 9.51. The van der Waals surface area contributed by atoms with Crippen LogP contribution in [0.25, 0.3) is 0 Å². The molecule has 0 spiro atoms. The van der Waals surface area contributed by atoms with Crippen LogP contribution < -0.4 is 10.6 Å². The molecule has 0 aliphatic heterocycles. The average molecular weight is 498 g/mol. The van der Waals surface area contributed by atoms with Crippen molar-refractivity contribution in [3.8, 4) is 0 Å². The number of carbonyl (C=O) groups is 3. The zero-order valence-corrected chi connectivity index (χ0v) is 20.1. The third-order valence-electron chi connectivity index (χ3n) is 6.07. The summed E-state index contributed by atoms with van der Waals surface area (Å²) in [5, 5.41) is 7.51. The maximum absolute atomic E-state index is 13.7. The lowest BCUT2D eigenvalue weighted by Crippen LogP contribution is -2.49. The van der Waals surface area contributed by atoms with Crippen molar-refractivity contribution in [3.05, 3.63) is 82.2 Å². The van der Waals surface area contributed by atoms with Gasteiger partial charge in [0, 0.05) is 6.04 Å². The maximum atomic E-state index is 13.7. The standard InChI is InChI=1S/C26H28FN3O4S/c27-19-12-10-18(11-13-19)24(26(33)29-20-6-2-1-3-7-20)30(17-21-8-4-14-34-21)23(31)16-28-25(32)22-9-5-15-35-22/h4-5,8-15,20,24H,1-3,6-7,16-17H2,(H,28,32)(H,29,33). The van der Waals surface area contributed by atoms with E-state index in [4.69, 9.17) is 4.42 Å². The molecule has 2 heterocycles. The molecule has 0 bridgehead atoms. The molecule has 2 aromatic heterocycles. The van der Waals surface area contributed by atoms with E-state index in [0.717, 1.165) is 32.1 Å². The van der Waals surface area contributed by atoms with Crippen LogP contribution in [-0.4, -0.2) is 35.2 Å². The topological polar surface area (TPSA) is 91.7 Å². The van der Waals surface area contributed by atoms with Gasteiger partial charge >= 0.3 is 0 Å². The van der Waals surface area contributed by atoms with E-state index in [1.54, 1.807) is 29.6 Å². The third kappa shape index (κ3) is 6.57. The van der Waals surface area contributed by atoms with Gasteiger partial charge < -0.3 is 20.0 Å². The molecule has 1 aliphatic carbocycles. The minimum absolute atomic E-state index is 0.0147. The van der Waals surface area contributed by atoms with Gasteiger partial charge in [0.1, 0.15) is 17.6 Å². The first-order valence-electron chi connectivity index (χ1n) is 11.7. The number of nitrogens with zero attached hydrogens (tertiary/aromatic N) is 1. The largest absolute Gasteiger partial charge is 0.467 e. The van der Waals surface area contributed by atoms with Crippen molar-refractivity contribution in [2.45, 2.75) is 50.7 Å². The van der Waals surface area contributed by atoms with E-state index in [2.05, 4.69) is 10.6 Å². The molecule has 0 saturated heterocycles. The van der Waals surface area contributed by atoms with Crippen molar-refractivity contribution in [1.29, 1.82) is 0 Å². The summed E-state index contributed by atoms with van der Waals surface area (Å²) in [6.45, 7) is -0.285. The van der Waals surface area contributed by atoms with Crippen LogP contribution in [0.5, 0.6) is 0 Å². The smallest absolute Gasteiger partial charge is 0.261 e. The van der Waals surface area contributed by atoms with Crippen molar-refractivity contribution in [2.24, 2.45) is 0 Å². The number of carbonyl (C=O) groups excluding carboxylic acids is 3. The fourth-order valence-electron chi connectivity index (χ4n) is 4.29. The first-order chi connectivity index (χ1) is 17.0. The van der Waals surface area contributed by atoms with Gasteiger partial charge in [-0.3, -0.25) is 14.4 Å². The molecule has 1 fully saturated rings. The number of rotatable bonds is 9. The van der Waals surface area contributed by atoms with Gasteiger partial charge in [-0.15, -0.1) is 11.3 Å². The fraction of sp³-hybridized carbons (Fsp3) is 0.346. The molecule has 4 rings (SSSR count). The third-order valence-corrected chi connectivity index (χ3v) is 6.94. The monoisotopic (exact) mass is 497 g/mol. The van der Waals surface area contributed by atoms with E-state index < -0.39 is 17.8 Å². The van der Waals surface area contributed by atoms with Gasteiger partial charge in [0.2, 0.25) is 11.8 Å². The van der Waals surface area contributed by atoms with Gasteiger partial charge in [-0.25, -0.2) is 4.39 Å². The van der Waals surface area contributed by atoms with E-state index in [1.807, 2.05) is 0 Å². The molecule has 2 N–H and O–H groups in total. The van der Waals surface area contributed by atoms with E-state index in [0.29, 0.717) is 16.2 Å². The van der Waals surface area contributed by atoms with Crippen LogP contribution in [0.1, 0.15) is 59.1 Å². The van der Waals surface area contributed by atoms with Gasteiger partial charge in [0.15, 0.2) is 0 Å². The molecule has 3 aromatic rings. The lowest BCUT2D eigenvalue weighted by atomic mass is 9.94. The number of hydrogen-bond donors (Lipinski definition) is 2. The number of furan rings is 1. The van der Waals surface area contributed by atoms with Gasteiger partial charge in [0.25, 0.3) is 5.91 Å². The highest BCUT2D eigenvalue weighted by Crippen LogP contribution is 2.26. The Balaban J connectivity index is 1.60. The Labute approximate surface area is 207 Å². The molecule has 1 atom stereocenters. The minimum atomic E-state index is -1.02. The predicted molar refractivity (Wildman–Crippen MR) is 130 cm³/mol. The van der Waals surface area contributed by atoms with Gasteiger partial charge in [0.05, 0.1) is 24.2 Å². The van der Waals surface area contributed by atoms with E-state index >= 15 is 0 Å². The zero-order chi connectivity index (χ0) is 24.6. The Morgan fingerprint density at radius 2 is 1.83 bits per heavy atom. The van der Waals surface area contributed by atoms with E-state index in [9.17, 15) is 18.8 Å². The normalized spacial score (nSPS) is 14.8. The predicted octanol–water partition coefficient (Wildman–Crippen LogP) is 4.43. The number of hydrogen-bond acceptors (Lipinski definition) is 5. The van der Waals surface area contributed by atoms with Gasteiger partial charge in [-0.2, -0.15) is 0 Å². The minimum Gasteiger partial charge on any atom is -0.467 e.